The summed E-state index contributed by atoms with van der Waals surface area (Å²) in [4.78, 5) is 27.2. The average Bonchev–Trinajstić information content (AvgIpc) is 3.26. The van der Waals surface area contributed by atoms with E-state index in [0.717, 1.165) is 4.47 Å². The molecule has 2 saturated carbocycles. The van der Waals surface area contributed by atoms with E-state index in [9.17, 15) is 9.59 Å². The van der Waals surface area contributed by atoms with Crippen molar-refractivity contribution in [2.45, 2.75) is 6.42 Å². The Hall–Kier alpha value is -1.42. The van der Waals surface area contributed by atoms with Crippen LogP contribution >= 0.6 is 15.9 Å². The van der Waals surface area contributed by atoms with Gasteiger partial charge in [0.15, 0.2) is 0 Å². The molecule has 4 heteroatoms. The van der Waals surface area contributed by atoms with Gasteiger partial charge in [-0.25, -0.2) is 4.90 Å². The zero-order valence-corrected chi connectivity index (χ0v) is 12.9. The second kappa shape index (κ2) is 3.86. The molecule has 1 saturated heterocycles. The van der Waals surface area contributed by atoms with E-state index in [1.807, 2.05) is 24.3 Å². The molecular weight excluding hydrogens is 330 g/mol. The van der Waals surface area contributed by atoms with Crippen LogP contribution in [0.5, 0.6) is 0 Å². The number of halogens is 1. The van der Waals surface area contributed by atoms with Crippen LogP contribution in [0.2, 0.25) is 0 Å². The van der Waals surface area contributed by atoms with Crippen molar-refractivity contribution in [3.8, 4) is 0 Å². The van der Waals surface area contributed by atoms with E-state index >= 15 is 0 Å². The maximum absolute atomic E-state index is 12.9. The first kappa shape index (κ1) is 12.2. The molecule has 106 valence electrons. The number of amides is 2. The Morgan fingerprint density at radius 1 is 0.952 bits per heavy atom. The molecule has 6 rings (SSSR count). The molecule has 1 heterocycles. The van der Waals surface area contributed by atoms with Gasteiger partial charge in [0, 0.05) is 4.47 Å². The third-order valence-electron chi connectivity index (χ3n) is 5.76. The van der Waals surface area contributed by atoms with E-state index in [2.05, 4.69) is 28.1 Å². The lowest BCUT2D eigenvalue weighted by Gasteiger charge is -2.37. The molecule has 0 radical (unpaired) electrons. The van der Waals surface area contributed by atoms with Crippen molar-refractivity contribution in [3.63, 3.8) is 0 Å². The summed E-state index contributed by atoms with van der Waals surface area (Å²) < 4.78 is 0.802. The van der Waals surface area contributed by atoms with Gasteiger partial charge in [0.2, 0.25) is 11.8 Å². The van der Waals surface area contributed by atoms with Crippen molar-refractivity contribution in [2.24, 2.45) is 35.5 Å². The number of para-hydroxylation sites is 1. The molecule has 6 atom stereocenters. The summed E-state index contributed by atoms with van der Waals surface area (Å²) in [6.45, 7) is 0. The summed E-state index contributed by atoms with van der Waals surface area (Å²) in [6.07, 6.45) is 5.61. The Morgan fingerprint density at radius 2 is 1.52 bits per heavy atom. The fourth-order valence-corrected chi connectivity index (χ4v) is 5.29. The maximum atomic E-state index is 12.9. The highest BCUT2D eigenvalue weighted by Crippen LogP contribution is 2.65. The summed E-state index contributed by atoms with van der Waals surface area (Å²) >= 11 is 3.47. The average molecular weight is 344 g/mol. The van der Waals surface area contributed by atoms with Gasteiger partial charge in [-0.15, -0.1) is 0 Å². The molecule has 4 aliphatic carbocycles. The molecule has 1 aromatic carbocycles. The maximum Gasteiger partial charge on any atom is 0.238 e. The molecule has 2 bridgehead atoms. The molecule has 6 unspecified atom stereocenters. The Kier molecular flexibility index (Phi) is 2.23. The molecular formula is C17H14BrNO2. The highest BCUT2D eigenvalue weighted by atomic mass is 79.9. The largest absolute Gasteiger partial charge is 0.274 e. The minimum absolute atomic E-state index is 0.00148. The van der Waals surface area contributed by atoms with Crippen LogP contribution in [-0.4, -0.2) is 11.8 Å². The number of carbonyl (C=O) groups excluding carboxylic acids is 2. The summed E-state index contributed by atoms with van der Waals surface area (Å²) in [5.74, 6) is 1.63. The van der Waals surface area contributed by atoms with Crippen molar-refractivity contribution < 1.29 is 9.59 Å². The van der Waals surface area contributed by atoms with E-state index in [0.29, 0.717) is 17.5 Å². The van der Waals surface area contributed by atoms with Crippen LogP contribution in [0, 0.1) is 35.5 Å². The molecule has 3 fully saturated rings. The molecule has 1 aliphatic heterocycles. The van der Waals surface area contributed by atoms with Gasteiger partial charge in [0.1, 0.15) is 0 Å². The number of rotatable bonds is 1. The molecule has 2 amide bonds. The molecule has 0 N–H and O–H groups in total. The van der Waals surface area contributed by atoms with Crippen molar-refractivity contribution in [2.75, 3.05) is 4.90 Å². The first-order valence-electron chi connectivity index (χ1n) is 7.49. The number of allylic oxidation sites excluding steroid dienone is 2. The van der Waals surface area contributed by atoms with Crippen LogP contribution in [0.4, 0.5) is 5.69 Å². The zero-order valence-electron chi connectivity index (χ0n) is 11.3. The Labute approximate surface area is 131 Å². The second-order valence-electron chi connectivity index (χ2n) is 6.62. The number of nitrogens with zero attached hydrogens (tertiary/aromatic N) is 1. The van der Waals surface area contributed by atoms with E-state index in [1.54, 1.807) is 0 Å². The lowest BCUT2D eigenvalue weighted by Crippen LogP contribution is -2.40. The molecule has 0 spiro atoms. The van der Waals surface area contributed by atoms with Crippen molar-refractivity contribution in [3.05, 3.63) is 40.9 Å². The van der Waals surface area contributed by atoms with Crippen LogP contribution in [0.25, 0.3) is 0 Å². The molecule has 0 aromatic heterocycles. The van der Waals surface area contributed by atoms with Crippen molar-refractivity contribution >= 4 is 33.4 Å². The van der Waals surface area contributed by atoms with Gasteiger partial charge < -0.3 is 0 Å². The predicted molar refractivity (Wildman–Crippen MR) is 81.3 cm³/mol. The van der Waals surface area contributed by atoms with Crippen LogP contribution in [0.1, 0.15) is 6.42 Å². The lowest BCUT2D eigenvalue weighted by molar-refractivity contribution is -0.124. The fraction of sp³-hybridized carbons (Fsp3) is 0.412. The van der Waals surface area contributed by atoms with Crippen LogP contribution in [-0.2, 0) is 9.59 Å². The second-order valence-corrected chi connectivity index (χ2v) is 7.47. The predicted octanol–water partition coefficient (Wildman–Crippen LogP) is 3.01. The number of imide groups is 1. The smallest absolute Gasteiger partial charge is 0.238 e. The minimum atomic E-state index is -0.122. The molecule has 1 aromatic rings. The lowest BCUT2D eigenvalue weighted by atomic mass is 9.63. The standard InChI is InChI=1S/C17H14BrNO2/c18-12-3-1-2-4-13(12)19-16(20)14-8-5-6-9(11-7-10(8)11)15(14)17(19)21/h1-6,8-11,14-15H,7H2. The van der Waals surface area contributed by atoms with E-state index in [4.69, 9.17) is 0 Å². The topological polar surface area (TPSA) is 37.4 Å². The van der Waals surface area contributed by atoms with Gasteiger partial charge in [-0.05, 0) is 58.2 Å². The third-order valence-corrected chi connectivity index (χ3v) is 6.43. The number of hydrogen-bond acceptors (Lipinski definition) is 2. The Bertz CT molecular complexity index is 676. The summed E-state index contributed by atoms with van der Waals surface area (Å²) in [5.41, 5.74) is 0.690. The summed E-state index contributed by atoms with van der Waals surface area (Å²) in [5, 5.41) is 0. The Morgan fingerprint density at radius 3 is 2.10 bits per heavy atom. The van der Waals surface area contributed by atoms with Crippen LogP contribution in [0.3, 0.4) is 0 Å². The van der Waals surface area contributed by atoms with E-state index < -0.39 is 0 Å². The quantitative estimate of drug-likeness (QED) is 0.580. The van der Waals surface area contributed by atoms with Gasteiger partial charge in [-0.2, -0.15) is 0 Å². The highest BCUT2D eigenvalue weighted by Gasteiger charge is 2.67. The molecule has 5 aliphatic rings. The normalized spacial score (nSPS) is 42.2. The van der Waals surface area contributed by atoms with E-state index in [-0.39, 0.29) is 35.5 Å². The van der Waals surface area contributed by atoms with E-state index in [1.165, 1.54) is 11.3 Å². The number of benzene rings is 1. The highest BCUT2D eigenvalue weighted by molar-refractivity contribution is 9.10. The monoisotopic (exact) mass is 343 g/mol. The third kappa shape index (κ3) is 1.39. The van der Waals surface area contributed by atoms with Gasteiger partial charge in [0.25, 0.3) is 0 Å². The Balaban J connectivity index is 1.62. The van der Waals surface area contributed by atoms with Crippen LogP contribution in [0.15, 0.2) is 40.9 Å². The zero-order chi connectivity index (χ0) is 14.3. The number of hydrogen-bond donors (Lipinski definition) is 0. The molecule has 21 heavy (non-hydrogen) atoms. The molecule has 3 nitrogen and oxygen atoms in total. The first-order chi connectivity index (χ1) is 10.2. The first-order valence-corrected chi connectivity index (χ1v) is 8.28. The minimum Gasteiger partial charge on any atom is -0.274 e. The number of anilines is 1. The van der Waals surface area contributed by atoms with Crippen molar-refractivity contribution in [1.29, 1.82) is 0 Å². The van der Waals surface area contributed by atoms with Gasteiger partial charge >= 0.3 is 0 Å². The summed E-state index contributed by atoms with van der Waals surface area (Å²) in [7, 11) is 0. The van der Waals surface area contributed by atoms with Gasteiger partial charge in [-0.1, -0.05) is 24.3 Å². The number of carbonyl (C=O) groups is 2. The SMILES string of the molecule is O=C1C2C3C=CC(C4CC34)C2C(=O)N1c1ccccc1Br. The van der Waals surface area contributed by atoms with Gasteiger partial charge in [-0.3, -0.25) is 9.59 Å². The fourth-order valence-electron chi connectivity index (χ4n) is 4.83. The van der Waals surface area contributed by atoms with Gasteiger partial charge in [0.05, 0.1) is 17.5 Å². The van der Waals surface area contributed by atoms with Crippen molar-refractivity contribution in [1.82, 2.24) is 0 Å². The van der Waals surface area contributed by atoms with Crippen LogP contribution < -0.4 is 4.90 Å². The summed E-state index contributed by atoms with van der Waals surface area (Å²) in [6, 6.07) is 7.48.